The van der Waals surface area contributed by atoms with Gasteiger partial charge in [0.05, 0.1) is 6.10 Å². The lowest BCUT2D eigenvalue weighted by molar-refractivity contribution is -0.146. The monoisotopic (exact) mass is 338 g/mol. The van der Waals surface area contributed by atoms with Crippen LogP contribution in [0, 0.1) is 5.92 Å². The quantitative estimate of drug-likeness (QED) is 0.783. The van der Waals surface area contributed by atoms with Gasteiger partial charge in [0, 0.05) is 5.41 Å². The zero-order valence-electron chi connectivity index (χ0n) is 14.7. The first-order chi connectivity index (χ1) is 12.0. The van der Waals surface area contributed by atoms with Crippen LogP contribution in [0.2, 0.25) is 0 Å². The largest absolute Gasteiger partial charge is 0.508 e. The molecule has 3 heteroatoms. The van der Waals surface area contributed by atoms with Crippen molar-refractivity contribution in [2.45, 2.75) is 56.1 Å². The standard InChI is InChI=1S/C22H26O3/c1-2-21-14-20(24)22(25,16-6-4-3-5-7-16)13-17(21)9-8-15-12-18(23)10-11-19(15)21/h3-7,10-12,17,20,23-25H,2,8-9,13-14H2,1H3. The lowest BCUT2D eigenvalue weighted by Gasteiger charge is -2.55. The molecule has 1 saturated carbocycles. The third-order valence-electron chi connectivity index (χ3n) is 6.74. The molecule has 1 fully saturated rings. The third-order valence-corrected chi connectivity index (χ3v) is 6.74. The van der Waals surface area contributed by atoms with Crippen molar-refractivity contribution < 1.29 is 15.3 Å². The molecule has 4 atom stereocenters. The Balaban J connectivity index is 1.77. The van der Waals surface area contributed by atoms with Crippen molar-refractivity contribution >= 4 is 0 Å². The van der Waals surface area contributed by atoms with Crippen molar-refractivity contribution in [3.63, 3.8) is 0 Å². The second kappa shape index (κ2) is 5.86. The number of aromatic hydroxyl groups is 1. The van der Waals surface area contributed by atoms with Crippen molar-refractivity contribution in [3.05, 3.63) is 65.2 Å². The Labute approximate surface area is 149 Å². The Morgan fingerprint density at radius 3 is 2.56 bits per heavy atom. The number of fused-ring (bicyclic) bond motifs is 3. The lowest BCUT2D eigenvalue weighted by Crippen LogP contribution is -2.56. The number of aryl methyl sites for hydroxylation is 1. The molecule has 3 nitrogen and oxygen atoms in total. The molecular formula is C22H26O3. The molecule has 0 spiro atoms. The van der Waals surface area contributed by atoms with E-state index < -0.39 is 11.7 Å². The van der Waals surface area contributed by atoms with Gasteiger partial charge >= 0.3 is 0 Å². The minimum Gasteiger partial charge on any atom is -0.508 e. The van der Waals surface area contributed by atoms with Gasteiger partial charge in [-0.25, -0.2) is 0 Å². The van der Waals surface area contributed by atoms with Crippen molar-refractivity contribution in [2.75, 3.05) is 0 Å². The molecule has 25 heavy (non-hydrogen) atoms. The minimum atomic E-state index is -1.18. The first kappa shape index (κ1) is 16.6. The van der Waals surface area contributed by atoms with Crippen LogP contribution in [0.5, 0.6) is 5.75 Å². The number of hydrogen-bond donors (Lipinski definition) is 3. The van der Waals surface area contributed by atoms with Crippen LogP contribution in [0.1, 0.15) is 49.3 Å². The van der Waals surface area contributed by atoms with E-state index in [0.717, 1.165) is 24.8 Å². The maximum Gasteiger partial charge on any atom is 0.116 e. The summed E-state index contributed by atoms with van der Waals surface area (Å²) in [6.07, 6.45) is 3.15. The molecular weight excluding hydrogens is 312 g/mol. The van der Waals surface area contributed by atoms with Gasteiger partial charge in [-0.05, 0) is 66.8 Å². The number of benzene rings is 2. The van der Waals surface area contributed by atoms with E-state index in [1.165, 1.54) is 11.1 Å². The van der Waals surface area contributed by atoms with Crippen LogP contribution in [0.25, 0.3) is 0 Å². The van der Waals surface area contributed by atoms with Gasteiger partial charge < -0.3 is 15.3 Å². The summed E-state index contributed by atoms with van der Waals surface area (Å²) in [5.41, 5.74) is 1.94. The number of hydrogen-bond acceptors (Lipinski definition) is 3. The molecule has 0 aromatic heterocycles. The topological polar surface area (TPSA) is 60.7 Å². The maximum atomic E-state index is 11.4. The van der Waals surface area contributed by atoms with Crippen LogP contribution in [-0.2, 0) is 17.4 Å². The molecule has 0 amide bonds. The zero-order valence-corrected chi connectivity index (χ0v) is 14.7. The van der Waals surface area contributed by atoms with E-state index in [0.29, 0.717) is 24.5 Å². The van der Waals surface area contributed by atoms with Gasteiger partial charge in [-0.15, -0.1) is 0 Å². The summed E-state index contributed by atoms with van der Waals surface area (Å²) in [5, 5.41) is 32.2. The van der Waals surface area contributed by atoms with E-state index in [4.69, 9.17) is 0 Å². The van der Waals surface area contributed by atoms with E-state index in [1.54, 1.807) is 6.07 Å². The van der Waals surface area contributed by atoms with Crippen molar-refractivity contribution in [1.29, 1.82) is 0 Å². The lowest BCUT2D eigenvalue weighted by atomic mass is 9.52. The fraction of sp³-hybridized carbons (Fsp3) is 0.455. The van der Waals surface area contributed by atoms with Gasteiger partial charge in [-0.3, -0.25) is 0 Å². The van der Waals surface area contributed by atoms with E-state index in [9.17, 15) is 15.3 Å². The highest BCUT2D eigenvalue weighted by molar-refractivity contribution is 5.44. The average Bonchev–Trinajstić information content (AvgIpc) is 2.63. The fourth-order valence-electron chi connectivity index (χ4n) is 5.36. The summed E-state index contributed by atoms with van der Waals surface area (Å²) in [7, 11) is 0. The van der Waals surface area contributed by atoms with Gasteiger partial charge in [0.2, 0.25) is 0 Å². The maximum absolute atomic E-state index is 11.4. The predicted octanol–water partition coefficient (Wildman–Crippen LogP) is 3.64. The molecule has 4 unspecified atom stereocenters. The number of aliphatic hydroxyl groups is 2. The molecule has 0 bridgehead atoms. The van der Waals surface area contributed by atoms with Gasteiger partial charge in [-0.1, -0.05) is 43.3 Å². The Morgan fingerprint density at radius 1 is 1.08 bits per heavy atom. The number of phenolic OH excluding ortho intramolecular Hbond substituents is 1. The molecule has 0 aliphatic heterocycles. The molecule has 2 aromatic carbocycles. The van der Waals surface area contributed by atoms with Gasteiger partial charge in [-0.2, -0.15) is 0 Å². The van der Waals surface area contributed by atoms with E-state index >= 15 is 0 Å². The van der Waals surface area contributed by atoms with E-state index in [2.05, 4.69) is 6.92 Å². The molecule has 132 valence electrons. The minimum absolute atomic E-state index is 0.123. The molecule has 4 rings (SSSR count). The molecule has 3 N–H and O–H groups in total. The van der Waals surface area contributed by atoms with E-state index in [-0.39, 0.29) is 5.41 Å². The summed E-state index contributed by atoms with van der Waals surface area (Å²) in [6, 6.07) is 15.2. The average molecular weight is 338 g/mol. The Morgan fingerprint density at radius 2 is 1.84 bits per heavy atom. The van der Waals surface area contributed by atoms with Crippen LogP contribution in [0.3, 0.4) is 0 Å². The highest BCUT2D eigenvalue weighted by Crippen LogP contribution is 2.56. The van der Waals surface area contributed by atoms with Crippen molar-refractivity contribution in [1.82, 2.24) is 0 Å². The smallest absolute Gasteiger partial charge is 0.116 e. The number of phenols is 1. The van der Waals surface area contributed by atoms with Gasteiger partial charge in [0.1, 0.15) is 11.4 Å². The van der Waals surface area contributed by atoms with Gasteiger partial charge in [0.25, 0.3) is 0 Å². The summed E-state index contributed by atoms with van der Waals surface area (Å²) in [4.78, 5) is 0. The molecule has 2 aromatic rings. The Hall–Kier alpha value is -1.84. The second-order valence-electron chi connectivity index (χ2n) is 7.80. The predicted molar refractivity (Wildman–Crippen MR) is 97.5 cm³/mol. The second-order valence-corrected chi connectivity index (χ2v) is 7.80. The van der Waals surface area contributed by atoms with Crippen LogP contribution in [-0.4, -0.2) is 21.4 Å². The molecule has 2 aliphatic carbocycles. The summed E-state index contributed by atoms with van der Waals surface area (Å²) in [5.74, 6) is 0.628. The molecule has 2 aliphatic rings. The Bertz CT molecular complexity index is 772. The highest BCUT2D eigenvalue weighted by Gasteiger charge is 2.55. The van der Waals surface area contributed by atoms with E-state index in [1.807, 2.05) is 42.5 Å². The summed E-state index contributed by atoms with van der Waals surface area (Å²) >= 11 is 0. The number of aliphatic hydroxyl groups excluding tert-OH is 1. The van der Waals surface area contributed by atoms with Crippen LogP contribution < -0.4 is 0 Å². The molecule has 0 saturated heterocycles. The third kappa shape index (κ3) is 2.41. The van der Waals surface area contributed by atoms with Gasteiger partial charge in [0.15, 0.2) is 0 Å². The number of rotatable bonds is 2. The van der Waals surface area contributed by atoms with Crippen LogP contribution >= 0.6 is 0 Å². The SMILES string of the molecule is CCC12CC(O)C(O)(c3ccccc3)CC1CCc1cc(O)ccc12. The first-order valence-electron chi connectivity index (χ1n) is 9.28. The van der Waals surface area contributed by atoms with Crippen molar-refractivity contribution in [2.24, 2.45) is 5.92 Å². The van der Waals surface area contributed by atoms with Crippen LogP contribution in [0.4, 0.5) is 0 Å². The summed E-state index contributed by atoms with van der Waals surface area (Å²) < 4.78 is 0. The normalized spacial score (nSPS) is 34.2. The van der Waals surface area contributed by atoms with Crippen LogP contribution in [0.15, 0.2) is 48.5 Å². The fourth-order valence-corrected chi connectivity index (χ4v) is 5.36. The zero-order chi connectivity index (χ0) is 17.7. The Kier molecular flexibility index (Phi) is 3.89. The molecule has 0 radical (unpaired) electrons. The first-order valence-corrected chi connectivity index (χ1v) is 9.28. The highest BCUT2D eigenvalue weighted by atomic mass is 16.3. The summed E-state index contributed by atoms with van der Waals surface area (Å²) in [6.45, 7) is 2.18. The molecule has 0 heterocycles. The van der Waals surface area contributed by atoms with Crippen molar-refractivity contribution in [3.8, 4) is 5.75 Å².